The van der Waals surface area contributed by atoms with Gasteiger partial charge < -0.3 is 5.32 Å². The topological polar surface area (TPSA) is 37.8 Å². The van der Waals surface area contributed by atoms with Crippen LogP contribution in [0, 0.1) is 0 Å². The van der Waals surface area contributed by atoms with Crippen molar-refractivity contribution in [1.29, 1.82) is 0 Å². The third-order valence-electron chi connectivity index (χ3n) is 7.96. The fourth-order valence-corrected chi connectivity index (χ4v) is 6.13. The second-order valence-electron chi connectivity index (χ2n) is 10.3. The van der Waals surface area contributed by atoms with E-state index in [1.54, 1.807) is 0 Å². The van der Waals surface area contributed by atoms with Gasteiger partial charge in [-0.05, 0) is 91.7 Å². The van der Waals surface area contributed by atoms with Crippen molar-refractivity contribution in [2.45, 2.75) is 6.04 Å². The summed E-state index contributed by atoms with van der Waals surface area (Å²) in [5, 5.41) is 6.28. The van der Waals surface area contributed by atoms with Crippen LogP contribution < -0.4 is 5.32 Å². The van der Waals surface area contributed by atoms with E-state index in [-0.39, 0.29) is 6.04 Å². The number of allylic oxidation sites excluding steroid dienone is 2. The lowest BCUT2D eigenvalue weighted by molar-refractivity contribution is 0.736. The van der Waals surface area contributed by atoms with Crippen LogP contribution in [-0.4, -0.2) is 9.97 Å². The Morgan fingerprint density at radius 1 is 0.550 bits per heavy atom. The maximum absolute atomic E-state index is 4.62. The first-order valence-corrected chi connectivity index (χ1v) is 13.6. The van der Waals surface area contributed by atoms with Crippen LogP contribution in [0.3, 0.4) is 0 Å². The van der Waals surface area contributed by atoms with Crippen LogP contribution in [0.25, 0.3) is 55.4 Å². The van der Waals surface area contributed by atoms with E-state index in [4.69, 9.17) is 0 Å². The molecule has 1 aliphatic carbocycles. The largest absolute Gasteiger partial charge is 0.371 e. The third kappa shape index (κ3) is 3.67. The molecule has 1 aliphatic heterocycles. The number of dihydropyridines is 1. The number of rotatable bonds is 4. The van der Waals surface area contributed by atoms with Crippen molar-refractivity contribution in [1.82, 2.24) is 15.3 Å². The minimum atomic E-state index is -0.0470. The van der Waals surface area contributed by atoms with Crippen molar-refractivity contribution in [3.8, 4) is 33.4 Å². The van der Waals surface area contributed by atoms with Crippen molar-refractivity contribution >= 4 is 22.0 Å². The van der Waals surface area contributed by atoms with Gasteiger partial charge in [-0.1, -0.05) is 91.0 Å². The summed E-state index contributed by atoms with van der Waals surface area (Å²) in [5.74, 6) is 0. The van der Waals surface area contributed by atoms with E-state index in [0.717, 1.165) is 28.2 Å². The minimum absolute atomic E-state index is 0.0470. The fraction of sp³-hybridized carbons (Fsp3) is 0.0270. The van der Waals surface area contributed by atoms with Gasteiger partial charge in [0.2, 0.25) is 0 Å². The maximum atomic E-state index is 4.62. The van der Waals surface area contributed by atoms with E-state index in [2.05, 4.69) is 112 Å². The van der Waals surface area contributed by atoms with E-state index in [1.165, 1.54) is 44.2 Å². The molecule has 3 nitrogen and oxygen atoms in total. The highest BCUT2D eigenvalue weighted by atomic mass is 15.0. The van der Waals surface area contributed by atoms with Gasteiger partial charge in [-0.2, -0.15) is 0 Å². The van der Waals surface area contributed by atoms with Crippen LogP contribution in [0.5, 0.6) is 0 Å². The molecular formula is C37H25N3. The van der Waals surface area contributed by atoms with Crippen molar-refractivity contribution < 1.29 is 0 Å². The first-order valence-electron chi connectivity index (χ1n) is 13.6. The van der Waals surface area contributed by atoms with Gasteiger partial charge in [0.25, 0.3) is 0 Å². The second-order valence-corrected chi connectivity index (χ2v) is 10.3. The Morgan fingerprint density at radius 2 is 1.25 bits per heavy atom. The third-order valence-corrected chi connectivity index (χ3v) is 7.96. The average Bonchev–Trinajstić information content (AvgIpc) is 3.37. The van der Waals surface area contributed by atoms with Gasteiger partial charge in [0.15, 0.2) is 0 Å². The SMILES string of the molecule is C1=C(c2ccc(-c3cccc4c3-c3cccc5cccc-4c35)cc2)C=C(c2ccccn2)NC1c1ccccn1. The highest BCUT2D eigenvalue weighted by molar-refractivity contribution is 6.18. The molecule has 0 fully saturated rings. The molecule has 2 aromatic heterocycles. The summed E-state index contributed by atoms with van der Waals surface area (Å²) < 4.78 is 0. The number of hydrogen-bond donors (Lipinski definition) is 1. The highest BCUT2D eigenvalue weighted by Crippen LogP contribution is 2.50. The molecule has 0 spiro atoms. The molecule has 1 unspecified atom stereocenters. The summed E-state index contributed by atoms with van der Waals surface area (Å²) in [6.45, 7) is 0. The first kappa shape index (κ1) is 22.7. The Labute approximate surface area is 233 Å². The summed E-state index contributed by atoms with van der Waals surface area (Å²) >= 11 is 0. The number of fused-ring (bicyclic) bond motifs is 3. The zero-order valence-corrected chi connectivity index (χ0v) is 21.8. The molecule has 0 saturated heterocycles. The quantitative estimate of drug-likeness (QED) is 0.257. The van der Waals surface area contributed by atoms with Gasteiger partial charge in [0, 0.05) is 12.4 Å². The summed E-state index contributed by atoms with van der Waals surface area (Å²) in [6.07, 6.45) is 8.11. The normalized spacial score (nSPS) is 15.2. The molecule has 188 valence electrons. The van der Waals surface area contributed by atoms with Crippen LogP contribution in [-0.2, 0) is 0 Å². The van der Waals surface area contributed by atoms with E-state index < -0.39 is 0 Å². The van der Waals surface area contributed by atoms with Gasteiger partial charge in [0.1, 0.15) is 0 Å². The Bertz CT molecular complexity index is 1950. The number of benzene rings is 4. The zero-order valence-electron chi connectivity index (χ0n) is 21.8. The second kappa shape index (κ2) is 9.18. The monoisotopic (exact) mass is 511 g/mol. The standard InChI is InChI=1S/C37H25N3/c1-3-20-38-32(14-1)34-22-27(23-35(40-34)33-15-2-4-21-39-33)24-16-18-25(19-17-24)28-10-7-12-30-29-11-5-8-26-9-6-13-31(36(26)29)37(28)30/h1-23,34,40H. The van der Waals surface area contributed by atoms with E-state index >= 15 is 0 Å². The van der Waals surface area contributed by atoms with Gasteiger partial charge in [-0.25, -0.2) is 0 Å². The molecule has 3 heteroatoms. The van der Waals surface area contributed by atoms with Crippen molar-refractivity contribution in [3.63, 3.8) is 0 Å². The highest BCUT2D eigenvalue weighted by Gasteiger charge is 2.24. The van der Waals surface area contributed by atoms with Gasteiger partial charge in [-0.15, -0.1) is 0 Å². The number of aromatic nitrogens is 2. The van der Waals surface area contributed by atoms with Crippen molar-refractivity contribution in [2.24, 2.45) is 0 Å². The molecule has 40 heavy (non-hydrogen) atoms. The lowest BCUT2D eigenvalue weighted by Gasteiger charge is -2.24. The van der Waals surface area contributed by atoms with Crippen LogP contribution in [0.2, 0.25) is 0 Å². The van der Waals surface area contributed by atoms with Crippen LogP contribution in [0.1, 0.15) is 23.0 Å². The van der Waals surface area contributed by atoms with Crippen LogP contribution in [0.15, 0.2) is 140 Å². The van der Waals surface area contributed by atoms with Gasteiger partial charge >= 0.3 is 0 Å². The average molecular weight is 512 g/mol. The molecule has 6 aromatic rings. The first-order chi connectivity index (χ1) is 19.8. The van der Waals surface area contributed by atoms with Crippen molar-refractivity contribution in [3.05, 3.63) is 157 Å². The van der Waals surface area contributed by atoms with Gasteiger partial charge in [0.05, 0.1) is 23.1 Å². The van der Waals surface area contributed by atoms with Gasteiger partial charge in [-0.3, -0.25) is 9.97 Å². The Morgan fingerprint density at radius 3 is 2.02 bits per heavy atom. The van der Waals surface area contributed by atoms with E-state index in [9.17, 15) is 0 Å². The molecule has 0 radical (unpaired) electrons. The predicted octanol–water partition coefficient (Wildman–Crippen LogP) is 8.71. The Kier molecular flexibility index (Phi) is 5.20. The number of hydrogen-bond acceptors (Lipinski definition) is 3. The zero-order chi connectivity index (χ0) is 26.5. The van der Waals surface area contributed by atoms with E-state index in [1.807, 2.05) is 42.7 Å². The number of pyridine rings is 2. The molecule has 2 aliphatic rings. The fourth-order valence-electron chi connectivity index (χ4n) is 6.13. The molecule has 3 heterocycles. The molecule has 0 bridgehead atoms. The summed E-state index contributed by atoms with van der Waals surface area (Å²) in [4.78, 5) is 9.22. The minimum Gasteiger partial charge on any atom is -0.371 e. The summed E-state index contributed by atoms with van der Waals surface area (Å²) in [5.41, 5.74) is 13.0. The predicted molar refractivity (Wildman–Crippen MR) is 164 cm³/mol. The lowest BCUT2D eigenvalue weighted by Crippen LogP contribution is -2.23. The smallest absolute Gasteiger partial charge is 0.0879 e. The lowest BCUT2D eigenvalue weighted by atomic mass is 9.91. The number of nitrogens with zero attached hydrogens (tertiary/aromatic N) is 2. The maximum Gasteiger partial charge on any atom is 0.0879 e. The molecule has 4 aromatic carbocycles. The molecule has 0 saturated carbocycles. The molecule has 8 rings (SSSR count). The van der Waals surface area contributed by atoms with E-state index in [0.29, 0.717) is 0 Å². The molecule has 1 N–H and O–H groups in total. The van der Waals surface area contributed by atoms with Crippen molar-refractivity contribution in [2.75, 3.05) is 0 Å². The summed E-state index contributed by atoms with van der Waals surface area (Å²) in [7, 11) is 0. The Balaban J connectivity index is 1.21. The Hall–Kier alpha value is -5.28. The van der Waals surface area contributed by atoms with Crippen LogP contribution >= 0.6 is 0 Å². The molecular weight excluding hydrogens is 486 g/mol. The summed E-state index contributed by atoms with van der Waals surface area (Å²) in [6, 6.07) is 40.9. The molecule has 0 amide bonds. The molecule has 1 atom stereocenters. The number of nitrogens with one attached hydrogen (secondary N) is 1. The van der Waals surface area contributed by atoms with Crippen LogP contribution in [0.4, 0.5) is 0 Å².